The average molecular weight is 337 g/mol. The lowest BCUT2D eigenvalue weighted by molar-refractivity contribution is -0.138. The SMILES string of the molecule is CN(CC(=O)O)Cc1ccc(Br)c(Br)c1. The minimum Gasteiger partial charge on any atom is -0.480 e. The Morgan fingerprint density at radius 2 is 2.07 bits per heavy atom. The number of aliphatic carboxylic acids is 1. The Balaban J connectivity index is 2.64. The van der Waals surface area contributed by atoms with Crippen molar-refractivity contribution in [2.45, 2.75) is 6.54 Å². The molecule has 0 amide bonds. The maximum Gasteiger partial charge on any atom is 0.317 e. The van der Waals surface area contributed by atoms with E-state index in [-0.39, 0.29) is 6.54 Å². The van der Waals surface area contributed by atoms with Crippen molar-refractivity contribution in [3.05, 3.63) is 32.7 Å². The Morgan fingerprint density at radius 3 is 2.60 bits per heavy atom. The molecule has 0 atom stereocenters. The molecule has 1 rings (SSSR count). The Bertz CT molecular complexity index is 368. The second kappa shape index (κ2) is 5.63. The van der Waals surface area contributed by atoms with E-state index in [4.69, 9.17) is 5.11 Å². The van der Waals surface area contributed by atoms with Crippen LogP contribution in [-0.4, -0.2) is 29.6 Å². The summed E-state index contributed by atoms with van der Waals surface area (Å²) in [4.78, 5) is 12.2. The van der Waals surface area contributed by atoms with Crippen molar-refractivity contribution in [2.24, 2.45) is 0 Å². The first-order valence-corrected chi connectivity index (χ1v) is 5.92. The summed E-state index contributed by atoms with van der Waals surface area (Å²) in [7, 11) is 1.78. The summed E-state index contributed by atoms with van der Waals surface area (Å²) in [5.41, 5.74) is 1.08. The van der Waals surface area contributed by atoms with Crippen molar-refractivity contribution in [3.63, 3.8) is 0 Å². The molecule has 0 aromatic heterocycles. The first-order valence-electron chi connectivity index (χ1n) is 4.33. The zero-order chi connectivity index (χ0) is 11.4. The number of hydrogen-bond acceptors (Lipinski definition) is 2. The summed E-state index contributed by atoms with van der Waals surface area (Å²) in [5.74, 6) is -0.811. The molecule has 0 heterocycles. The number of benzene rings is 1. The smallest absolute Gasteiger partial charge is 0.317 e. The number of carbonyl (C=O) groups is 1. The number of likely N-dealkylation sites (N-methyl/N-ethyl adjacent to an activating group) is 1. The average Bonchev–Trinajstić information content (AvgIpc) is 2.10. The fourth-order valence-corrected chi connectivity index (χ4v) is 1.91. The summed E-state index contributed by atoms with van der Waals surface area (Å²) < 4.78 is 1.97. The zero-order valence-corrected chi connectivity index (χ0v) is 11.4. The van der Waals surface area contributed by atoms with E-state index in [0.717, 1.165) is 14.5 Å². The second-order valence-electron chi connectivity index (χ2n) is 3.31. The van der Waals surface area contributed by atoms with Crippen molar-refractivity contribution < 1.29 is 9.90 Å². The molecule has 0 radical (unpaired) electrons. The fourth-order valence-electron chi connectivity index (χ4n) is 1.24. The number of carboxylic acid groups (broad SMARTS) is 1. The predicted molar refractivity (Wildman–Crippen MR) is 65.8 cm³/mol. The van der Waals surface area contributed by atoms with Crippen molar-refractivity contribution in [2.75, 3.05) is 13.6 Å². The maximum atomic E-state index is 10.5. The van der Waals surface area contributed by atoms with E-state index in [1.54, 1.807) is 11.9 Å². The van der Waals surface area contributed by atoms with Crippen LogP contribution >= 0.6 is 31.9 Å². The van der Waals surface area contributed by atoms with Crippen LogP contribution in [0, 0.1) is 0 Å². The van der Waals surface area contributed by atoms with Gasteiger partial charge in [-0.25, -0.2) is 0 Å². The molecule has 0 aliphatic rings. The van der Waals surface area contributed by atoms with Gasteiger partial charge in [0.1, 0.15) is 0 Å². The van der Waals surface area contributed by atoms with Crippen LogP contribution in [0.3, 0.4) is 0 Å². The monoisotopic (exact) mass is 335 g/mol. The molecule has 0 unspecified atom stereocenters. The van der Waals surface area contributed by atoms with Gasteiger partial charge in [-0.2, -0.15) is 0 Å². The van der Waals surface area contributed by atoms with Gasteiger partial charge in [-0.1, -0.05) is 6.07 Å². The third-order valence-electron chi connectivity index (χ3n) is 1.84. The molecule has 0 bridgehead atoms. The molecule has 0 aliphatic carbocycles. The molecule has 0 saturated carbocycles. The van der Waals surface area contributed by atoms with Gasteiger partial charge < -0.3 is 5.11 Å². The highest BCUT2D eigenvalue weighted by Crippen LogP contribution is 2.24. The predicted octanol–water partition coefficient (Wildman–Crippen LogP) is 2.73. The summed E-state index contributed by atoms with van der Waals surface area (Å²) in [6.45, 7) is 0.672. The third-order valence-corrected chi connectivity index (χ3v) is 3.72. The second-order valence-corrected chi connectivity index (χ2v) is 5.02. The van der Waals surface area contributed by atoms with Crippen LogP contribution in [0.1, 0.15) is 5.56 Å². The molecule has 0 aliphatic heterocycles. The molecule has 1 aromatic rings. The van der Waals surface area contributed by atoms with Crippen molar-refractivity contribution in [1.82, 2.24) is 4.90 Å². The van der Waals surface area contributed by atoms with Crippen molar-refractivity contribution in [3.8, 4) is 0 Å². The number of hydrogen-bond donors (Lipinski definition) is 1. The highest BCUT2D eigenvalue weighted by atomic mass is 79.9. The molecule has 0 fully saturated rings. The van der Waals surface area contributed by atoms with Crippen molar-refractivity contribution >= 4 is 37.8 Å². The molecule has 3 nitrogen and oxygen atoms in total. The first-order chi connectivity index (χ1) is 6.99. The van der Waals surface area contributed by atoms with E-state index in [1.165, 1.54) is 0 Å². The van der Waals surface area contributed by atoms with Gasteiger partial charge in [0, 0.05) is 15.5 Å². The fraction of sp³-hybridized carbons (Fsp3) is 0.300. The minimum absolute atomic E-state index is 0.0493. The highest BCUT2D eigenvalue weighted by Gasteiger charge is 2.06. The Labute approximate surface area is 105 Å². The molecule has 0 saturated heterocycles. The quantitative estimate of drug-likeness (QED) is 0.919. The maximum absolute atomic E-state index is 10.5. The van der Waals surface area contributed by atoms with Crippen LogP contribution in [0.4, 0.5) is 0 Å². The van der Waals surface area contributed by atoms with Gasteiger partial charge in [0.05, 0.1) is 6.54 Å². The Morgan fingerprint density at radius 1 is 1.40 bits per heavy atom. The van der Waals surface area contributed by atoms with Gasteiger partial charge in [-0.3, -0.25) is 9.69 Å². The lowest BCUT2D eigenvalue weighted by atomic mass is 10.2. The standard InChI is InChI=1S/C10H11Br2NO2/c1-13(6-10(14)15)5-7-2-3-8(11)9(12)4-7/h2-4H,5-6H2,1H3,(H,14,15). The van der Waals surface area contributed by atoms with E-state index < -0.39 is 5.97 Å². The normalized spacial score (nSPS) is 10.7. The zero-order valence-electron chi connectivity index (χ0n) is 8.20. The van der Waals surface area contributed by atoms with Gasteiger partial charge in [0.25, 0.3) is 0 Å². The van der Waals surface area contributed by atoms with Crippen molar-refractivity contribution in [1.29, 1.82) is 0 Å². The summed E-state index contributed by atoms with van der Waals surface area (Å²) in [6.07, 6.45) is 0. The Kier molecular flexibility index (Phi) is 4.76. The lowest BCUT2D eigenvalue weighted by Gasteiger charge is -2.14. The van der Waals surface area contributed by atoms with Crippen LogP contribution in [0.25, 0.3) is 0 Å². The number of rotatable bonds is 4. The lowest BCUT2D eigenvalue weighted by Crippen LogP contribution is -2.25. The van der Waals surface area contributed by atoms with E-state index in [0.29, 0.717) is 6.54 Å². The number of halogens is 2. The summed E-state index contributed by atoms with van der Waals surface area (Å²) in [5, 5.41) is 8.60. The van der Waals surface area contributed by atoms with Gasteiger partial charge in [0.15, 0.2) is 0 Å². The van der Waals surface area contributed by atoms with Crippen LogP contribution in [0.2, 0.25) is 0 Å². The molecular formula is C10H11Br2NO2. The van der Waals surface area contributed by atoms with Crippen LogP contribution in [0.15, 0.2) is 27.1 Å². The van der Waals surface area contributed by atoms with Crippen LogP contribution in [0.5, 0.6) is 0 Å². The topological polar surface area (TPSA) is 40.5 Å². The number of carboxylic acids is 1. The molecule has 15 heavy (non-hydrogen) atoms. The molecule has 5 heteroatoms. The van der Waals surface area contributed by atoms with E-state index in [1.807, 2.05) is 18.2 Å². The van der Waals surface area contributed by atoms with Crippen LogP contribution in [-0.2, 0) is 11.3 Å². The number of nitrogens with zero attached hydrogens (tertiary/aromatic N) is 1. The van der Waals surface area contributed by atoms with Crippen LogP contribution < -0.4 is 0 Å². The largest absolute Gasteiger partial charge is 0.480 e. The van der Waals surface area contributed by atoms with E-state index in [9.17, 15) is 4.79 Å². The molecular weight excluding hydrogens is 326 g/mol. The summed E-state index contributed by atoms with van der Waals surface area (Å²) in [6, 6.07) is 5.88. The Hall–Kier alpha value is -0.390. The molecule has 1 N–H and O–H groups in total. The molecule has 1 aromatic carbocycles. The van der Waals surface area contributed by atoms with Gasteiger partial charge in [-0.05, 0) is 56.6 Å². The highest BCUT2D eigenvalue weighted by molar-refractivity contribution is 9.13. The molecule has 0 spiro atoms. The molecule has 82 valence electrons. The minimum atomic E-state index is -0.811. The van der Waals surface area contributed by atoms with E-state index >= 15 is 0 Å². The van der Waals surface area contributed by atoms with E-state index in [2.05, 4.69) is 31.9 Å². The van der Waals surface area contributed by atoms with Gasteiger partial charge in [0.2, 0.25) is 0 Å². The van der Waals surface area contributed by atoms with Gasteiger partial charge in [-0.15, -0.1) is 0 Å². The third kappa shape index (κ3) is 4.32. The first kappa shape index (κ1) is 12.7. The van der Waals surface area contributed by atoms with Gasteiger partial charge >= 0.3 is 5.97 Å². The summed E-state index contributed by atoms with van der Waals surface area (Å²) >= 11 is 6.79.